The lowest BCUT2D eigenvalue weighted by Gasteiger charge is -2.25. The van der Waals surface area contributed by atoms with Gasteiger partial charge in [0.05, 0.1) is 17.3 Å². The maximum Gasteiger partial charge on any atom is 0.124 e. The number of piperidine rings is 1. The summed E-state index contributed by atoms with van der Waals surface area (Å²) in [5.41, 5.74) is 1.88. The van der Waals surface area contributed by atoms with Crippen molar-refractivity contribution in [2.75, 3.05) is 13.1 Å². The lowest BCUT2D eigenvalue weighted by molar-refractivity contribution is 0.452. The maximum absolute atomic E-state index is 13.0. The van der Waals surface area contributed by atoms with E-state index in [-0.39, 0.29) is 11.7 Å². The van der Waals surface area contributed by atoms with E-state index in [0.29, 0.717) is 5.92 Å². The molecule has 3 nitrogen and oxygen atoms in total. The van der Waals surface area contributed by atoms with E-state index in [2.05, 4.69) is 15.5 Å². The van der Waals surface area contributed by atoms with Gasteiger partial charge in [0.15, 0.2) is 0 Å². The van der Waals surface area contributed by atoms with E-state index in [9.17, 15) is 4.39 Å². The first-order valence-corrected chi connectivity index (χ1v) is 5.76. The summed E-state index contributed by atoms with van der Waals surface area (Å²) >= 11 is 0. The van der Waals surface area contributed by atoms with Gasteiger partial charge in [0.1, 0.15) is 5.83 Å². The first-order chi connectivity index (χ1) is 7.84. The summed E-state index contributed by atoms with van der Waals surface area (Å²) in [6, 6.07) is 0. The molecule has 0 amide bonds. The SMILES string of the molecule is FC1=CC2=NN=C(C3CCNCC3)[C@H]2C=C1. The van der Waals surface area contributed by atoms with Gasteiger partial charge in [0, 0.05) is 5.92 Å². The monoisotopic (exact) mass is 219 g/mol. The van der Waals surface area contributed by atoms with E-state index < -0.39 is 0 Å². The van der Waals surface area contributed by atoms with Gasteiger partial charge in [-0.25, -0.2) is 4.39 Å². The molecule has 0 saturated carbocycles. The molecule has 84 valence electrons. The van der Waals surface area contributed by atoms with Gasteiger partial charge < -0.3 is 5.32 Å². The van der Waals surface area contributed by atoms with E-state index in [1.54, 1.807) is 0 Å². The summed E-state index contributed by atoms with van der Waals surface area (Å²) in [6.45, 7) is 2.08. The van der Waals surface area contributed by atoms with Gasteiger partial charge in [-0.2, -0.15) is 10.2 Å². The Balaban J connectivity index is 1.79. The minimum Gasteiger partial charge on any atom is -0.317 e. The molecule has 0 radical (unpaired) electrons. The predicted octanol–water partition coefficient (Wildman–Crippen LogP) is 1.84. The van der Waals surface area contributed by atoms with Crippen molar-refractivity contribution < 1.29 is 4.39 Å². The van der Waals surface area contributed by atoms with Gasteiger partial charge in [-0.15, -0.1) is 0 Å². The van der Waals surface area contributed by atoms with Crippen LogP contribution in [0.2, 0.25) is 0 Å². The Morgan fingerprint density at radius 2 is 2.06 bits per heavy atom. The number of halogens is 1. The molecule has 0 aromatic carbocycles. The van der Waals surface area contributed by atoms with Crippen LogP contribution in [0.5, 0.6) is 0 Å². The van der Waals surface area contributed by atoms with Crippen molar-refractivity contribution in [1.82, 2.24) is 5.32 Å². The second-order valence-corrected chi connectivity index (χ2v) is 4.44. The van der Waals surface area contributed by atoms with Crippen molar-refractivity contribution in [2.24, 2.45) is 22.0 Å². The van der Waals surface area contributed by atoms with E-state index in [0.717, 1.165) is 37.4 Å². The van der Waals surface area contributed by atoms with Crippen LogP contribution in [0, 0.1) is 11.8 Å². The highest BCUT2D eigenvalue weighted by Gasteiger charge is 2.32. The van der Waals surface area contributed by atoms with Crippen LogP contribution < -0.4 is 5.32 Å². The molecular formula is C12H14FN3. The van der Waals surface area contributed by atoms with Crippen LogP contribution in [0.25, 0.3) is 0 Å². The molecule has 1 N–H and O–H groups in total. The first-order valence-electron chi connectivity index (χ1n) is 5.76. The van der Waals surface area contributed by atoms with Gasteiger partial charge in [-0.05, 0) is 38.1 Å². The molecule has 0 bridgehead atoms. The van der Waals surface area contributed by atoms with Crippen molar-refractivity contribution in [3.05, 3.63) is 24.1 Å². The number of nitrogens with zero attached hydrogens (tertiary/aromatic N) is 2. The van der Waals surface area contributed by atoms with Crippen LogP contribution >= 0.6 is 0 Å². The van der Waals surface area contributed by atoms with Gasteiger partial charge in [-0.1, -0.05) is 6.08 Å². The highest BCUT2D eigenvalue weighted by molar-refractivity contribution is 6.18. The van der Waals surface area contributed by atoms with Crippen molar-refractivity contribution in [1.29, 1.82) is 0 Å². The third-order valence-corrected chi connectivity index (χ3v) is 3.41. The summed E-state index contributed by atoms with van der Waals surface area (Å²) in [6.07, 6.45) is 7.10. The van der Waals surface area contributed by atoms with Crippen molar-refractivity contribution >= 4 is 11.4 Å². The summed E-state index contributed by atoms with van der Waals surface area (Å²) in [5, 5.41) is 11.7. The molecule has 0 aromatic heterocycles. The third-order valence-electron chi connectivity index (χ3n) is 3.41. The Morgan fingerprint density at radius 3 is 2.88 bits per heavy atom. The minimum absolute atomic E-state index is 0.127. The van der Waals surface area contributed by atoms with Gasteiger partial charge in [-0.3, -0.25) is 0 Å². The second-order valence-electron chi connectivity index (χ2n) is 4.44. The molecule has 0 aromatic rings. The van der Waals surface area contributed by atoms with Crippen LogP contribution in [0.3, 0.4) is 0 Å². The Hall–Kier alpha value is -1.29. The highest BCUT2D eigenvalue weighted by Crippen LogP contribution is 2.28. The number of fused-ring (bicyclic) bond motifs is 1. The summed E-state index contributed by atoms with van der Waals surface area (Å²) in [7, 11) is 0. The Labute approximate surface area is 93.8 Å². The van der Waals surface area contributed by atoms with E-state index >= 15 is 0 Å². The number of hydrogen-bond donors (Lipinski definition) is 1. The molecule has 16 heavy (non-hydrogen) atoms. The average Bonchev–Trinajstić information content (AvgIpc) is 2.73. The molecule has 0 spiro atoms. The molecule has 3 rings (SSSR count). The van der Waals surface area contributed by atoms with Gasteiger partial charge in [0.25, 0.3) is 0 Å². The molecule has 2 heterocycles. The summed E-state index contributed by atoms with van der Waals surface area (Å²) in [5.74, 6) is 0.408. The van der Waals surface area contributed by atoms with Gasteiger partial charge >= 0.3 is 0 Å². The van der Waals surface area contributed by atoms with Crippen LogP contribution in [0.4, 0.5) is 4.39 Å². The van der Waals surface area contributed by atoms with Crippen LogP contribution in [0.15, 0.2) is 34.3 Å². The quantitative estimate of drug-likeness (QED) is 0.717. The molecule has 2 aliphatic heterocycles. The lowest BCUT2D eigenvalue weighted by atomic mass is 9.82. The molecule has 0 unspecified atom stereocenters. The minimum atomic E-state index is -0.225. The van der Waals surface area contributed by atoms with Crippen molar-refractivity contribution in [3.8, 4) is 0 Å². The zero-order chi connectivity index (χ0) is 11.0. The highest BCUT2D eigenvalue weighted by atomic mass is 19.1. The fraction of sp³-hybridized carbons (Fsp3) is 0.500. The van der Waals surface area contributed by atoms with E-state index in [1.807, 2.05) is 6.08 Å². The largest absolute Gasteiger partial charge is 0.317 e. The Kier molecular flexibility index (Phi) is 2.44. The first kappa shape index (κ1) is 9.90. The van der Waals surface area contributed by atoms with E-state index in [4.69, 9.17) is 0 Å². The molecule has 1 aliphatic carbocycles. The van der Waals surface area contributed by atoms with Crippen LogP contribution in [-0.2, 0) is 0 Å². The molecular weight excluding hydrogens is 205 g/mol. The fourth-order valence-corrected chi connectivity index (χ4v) is 2.54. The topological polar surface area (TPSA) is 36.8 Å². The van der Waals surface area contributed by atoms with Crippen molar-refractivity contribution in [3.63, 3.8) is 0 Å². The smallest absolute Gasteiger partial charge is 0.124 e. The molecule has 4 heteroatoms. The zero-order valence-corrected chi connectivity index (χ0v) is 8.99. The third kappa shape index (κ3) is 1.63. The van der Waals surface area contributed by atoms with Crippen LogP contribution in [0.1, 0.15) is 12.8 Å². The van der Waals surface area contributed by atoms with Crippen LogP contribution in [-0.4, -0.2) is 24.5 Å². The predicted molar refractivity (Wildman–Crippen MR) is 62.3 cm³/mol. The number of rotatable bonds is 1. The number of hydrogen-bond acceptors (Lipinski definition) is 3. The number of allylic oxidation sites excluding steroid dienone is 4. The second kappa shape index (κ2) is 3.94. The average molecular weight is 219 g/mol. The number of nitrogens with one attached hydrogen (secondary N) is 1. The normalized spacial score (nSPS) is 29.6. The lowest BCUT2D eigenvalue weighted by Crippen LogP contribution is -2.35. The molecule has 1 fully saturated rings. The van der Waals surface area contributed by atoms with E-state index in [1.165, 1.54) is 12.2 Å². The molecule has 1 saturated heterocycles. The van der Waals surface area contributed by atoms with Gasteiger partial charge in [0.2, 0.25) is 0 Å². The molecule has 1 atom stereocenters. The Bertz CT molecular complexity index is 414. The standard InChI is InChI=1S/C12H14FN3/c13-9-1-2-10-11(7-9)15-16-12(10)8-3-5-14-6-4-8/h1-2,7-8,10,14H,3-6H2/t10-/m0/s1. The molecule has 3 aliphatic rings. The maximum atomic E-state index is 13.0. The fourth-order valence-electron chi connectivity index (χ4n) is 2.54. The summed E-state index contributed by atoms with van der Waals surface area (Å²) < 4.78 is 13.0. The zero-order valence-electron chi connectivity index (χ0n) is 8.99. The van der Waals surface area contributed by atoms with Crippen molar-refractivity contribution in [2.45, 2.75) is 12.8 Å². The summed E-state index contributed by atoms with van der Waals surface area (Å²) in [4.78, 5) is 0. The Morgan fingerprint density at radius 1 is 1.25 bits per heavy atom.